The van der Waals surface area contributed by atoms with Gasteiger partial charge in [-0.25, -0.2) is 4.79 Å². The van der Waals surface area contributed by atoms with E-state index in [0.717, 1.165) is 6.92 Å². The maximum absolute atomic E-state index is 12.6. The van der Waals surface area contributed by atoms with Crippen LogP contribution in [0.2, 0.25) is 10.0 Å². The Morgan fingerprint density at radius 3 is 2.17 bits per heavy atom. The van der Waals surface area contributed by atoms with Crippen LogP contribution >= 0.6 is 23.2 Å². The lowest BCUT2D eigenvalue weighted by Gasteiger charge is -2.12. The number of nitrogens with zero attached hydrogens (tertiary/aromatic N) is 1. The molecule has 1 N–H and O–H groups in total. The van der Waals surface area contributed by atoms with Gasteiger partial charge in [-0.05, 0) is 19.1 Å². The number of ketones is 1. The lowest BCUT2D eigenvalue weighted by Crippen LogP contribution is -2.25. The van der Waals surface area contributed by atoms with E-state index in [9.17, 15) is 22.8 Å². The van der Waals surface area contributed by atoms with Crippen molar-refractivity contribution in [2.24, 2.45) is 5.10 Å². The molecule has 0 saturated heterocycles. The second-order valence-corrected chi connectivity index (χ2v) is 4.98. The lowest BCUT2D eigenvalue weighted by molar-refractivity contribution is -0.138. The molecule has 0 bridgehead atoms. The summed E-state index contributed by atoms with van der Waals surface area (Å²) in [6.07, 6.45) is -4.62. The summed E-state index contributed by atoms with van der Waals surface area (Å²) in [5, 5.41) is 2.77. The fourth-order valence-electron chi connectivity index (χ4n) is 1.42. The number of Topliss-reactive ketones (excluding diaryl/α,β-unsaturated/α-hetero) is 1. The van der Waals surface area contributed by atoms with Gasteiger partial charge in [0.2, 0.25) is 5.71 Å². The summed E-state index contributed by atoms with van der Waals surface area (Å²) < 4.78 is 42.5. The van der Waals surface area contributed by atoms with Gasteiger partial charge in [-0.2, -0.15) is 18.3 Å². The Morgan fingerprint density at radius 1 is 1.26 bits per heavy atom. The minimum Gasteiger partial charge on any atom is -0.461 e. The molecule has 1 aromatic rings. The van der Waals surface area contributed by atoms with Gasteiger partial charge in [0, 0.05) is 6.92 Å². The molecule has 0 atom stereocenters. The third-order valence-corrected chi connectivity index (χ3v) is 3.05. The highest BCUT2D eigenvalue weighted by atomic mass is 35.5. The Labute approximate surface area is 139 Å². The van der Waals surface area contributed by atoms with Crippen molar-refractivity contribution in [3.63, 3.8) is 0 Å². The Morgan fingerprint density at radius 2 is 1.78 bits per heavy atom. The molecule has 0 aliphatic heterocycles. The molecule has 1 aromatic carbocycles. The van der Waals surface area contributed by atoms with Crippen LogP contribution in [-0.4, -0.2) is 24.1 Å². The van der Waals surface area contributed by atoms with Gasteiger partial charge in [-0.1, -0.05) is 23.2 Å². The summed E-state index contributed by atoms with van der Waals surface area (Å²) in [7, 11) is 0. The number of ether oxygens (including phenoxy) is 1. The van der Waals surface area contributed by atoms with E-state index in [0.29, 0.717) is 12.1 Å². The van der Waals surface area contributed by atoms with E-state index in [-0.39, 0.29) is 22.3 Å². The first kappa shape index (κ1) is 19.2. The van der Waals surface area contributed by atoms with E-state index >= 15 is 0 Å². The quantitative estimate of drug-likeness (QED) is 0.369. The van der Waals surface area contributed by atoms with Gasteiger partial charge in [0.1, 0.15) is 0 Å². The van der Waals surface area contributed by atoms with Gasteiger partial charge in [0.15, 0.2) is 5.78 Å². The monoisotopic (exact) mass is 370 g/mol. The molecule has 0 heterocycles. The first-order valence-corrected chi connectivity index (χ1v) is 6.91. The van der Waals surface area contributed by atoms with Gasteiger partial charge >= 0.3 is 12.1 Å². The molecule has 0 aliphatic carbocycles. The highest BCUT2D eigenvalue weighted by Crippen LogP contribution is 2.38. The van der Waals surface area contributed by atoms with Crippen molar-refractivity contribution in [2.75, 3.05) is 12.0 Å². The molecule has 10 heteroatoms. The van der Waals surface area contributed by atoms with Crippen molar-refractivity contribution < 1.29 is 27.5 Å². The number of halogens is 5. The van der Waals surface area contributed by atoms with E-state index in [1.54, 1.807) is 0 Å². The minimum absolute atomic E-state index is 0.0208. The predicted octanol–water partition coefficient (Wildman–Crippen LogP) is 3.93. The van der Waals surface area contributed by atoms with Crippen LogP contribution < -0.4 is 5.43 Å². The molecule has 1 rings (SSSR count). The lowest BCUT2D eigenvalue weighted by atomic mass is 10.2. The first-order valence-electron chi connectivity index (χ1n) is 6.15. The molecular weight excluding hydrogens is 360 g/mol. The third-order valence-electron chi connectivity index (χ3n) is 2.45. The average molecular weight is 371 g/mol. The van der Waals surface area contributed by atoms with Crippen molar-refractivity contribution in [1.29, 1.82) is 0 Å². The summed E-state index contributed by atoms with van der Waals surface area (Å²) >= 11 is 11.5. The largest absolute Gasteiger partial charge is 0.461 e. The van der Waals surface area contributed by atoms with E-state index in [1.165, 1.54) is 6.92 Å². The van der Waals surface area contributed by atoms with Crippen LogP contribution in [0.15, 0.2) is 17.2 Å². The Hall–Kier alpha value is -1.80. The molecule has 0 aromatic heterocycles. The summed E-state index contributed by atoms with van der Waals surface area (Å²) in [5.74, 6) is -1.68. The maximum Gasteiger partial charge on any atom is 0.416 e. The number of rotatable bonds is 5. The van der Waals surface area contributed by atoms with Gasteiger partial charge in [0.05, 0.1) is 27.9 Å². The fourth-order valence-corrected chi connectivity index (χ4v) is 1.99. The van der Waals surface area contributed by atoms with Crippen molar-refractivity contribution in [3.8, 4) is 0 Å². The number of hydrogen-bond acceptors (Lipinski definition) is 5. The number of hydrazone groups is 1. The number of hydrogen-bond donors (Lipinski definition) is 1. The average Bonchev–Trinajstić information content (AvgIpc) is 2.40. The topological polar surface area (TPSA) is 67.8 Å². The smallest absolute Gasteiger partial charge is 0.416 e. The SMILES string of the molecule is CCOC(=O)C(=NNc1c(Cl)cc(C(F)(F)F)cc1Cl)C(C)=O. The van der Waals surface area contributed by atoms with Crippen LogP contribution in [0, 0.1) is 0 Å². The third kappa shape index (κ3) is 5.11. The fraction of sp³-hybridized carbons (Fsp3) is 0.308. The summed E-state index contributed by atoms with van der Waals surface area (Å²) in [5.41, 5.74) is 0.426. The van der Waals surface area contributed by atoms with E-state index < -0.39 is 29.2 Å². The van der Waals surface area contributed by atoms with Crippen LogP contribution in [0.3, 0.4) is 0 Å². The molecule has 0 spiro atoms. The van der Waals surface area contributed by atoms with Crippen LogP contribution in [-0.2, 0) is 20.5 Å². The van der Waals surface area contributed by atoms with Crippen LogP contribution in [0.25, 0.3) is 0 Å². The normalized spacial score (nSPS) is 12.0. The van der Waals surface area contributed by atoms with Gasteiger partial charge in [-0.3, -0.25) is 10.2 Å². The van der Waals surface area contributed by atoms with Gasteiger partial charge < -0.3 is 4.74 Å². The van der Waals surface area contributed by atoms with Crippen molar-refractivity contribution in [1.82, 2.24) is 0 Å². The zero-order valence-electron chi connectivity index (χ0n) is 11.9. The van der Waals surface area contributed by atoms with Crippen LogP contribution in [0.5, 0.6) is 0 Å². The molecule has 0 aliphatic rings. The van der Waals surface area contributed by atoms with Crippen molar-refractivity contribution in [3.05, 3.63) is 27.7 Å². The molecular formula is C13H11Cl2F3N2O3. The number of benzene rings is 1. The number of carbonyl (C=O) groups is 2. The summed E-state index contributed by atoms with van der Waals surface area (Å²) in [4.78, 5) is 22.9. The standard InChI is InChI=1S/C13H11Cl2F3N2O3/c1-3-23-12(22)10(6(2)21)19-20-11-8(14)4-7(5-9(11)15)13(16,17)18/h4-5,20H,3H2,1-2H3. The van der Waals surface area contributed by atoms with E-state index in [4.69, 9.17) is 23.2 Å². The second-order valence-electron chi connectivity index (χ2n) is 4.16. The number of carbonyl (C=O) groups excluding carboxylic acids is 2. The molecule has 0 saturated carbocycles. The highest BCUT2D eigenvalue weighted by molar-refractivity contribution is 6.64. The zero-order chi connectivity index (χ0) is 17.8. The van der Waals surface area contributed by atoms with Gasteiger partial charge in [-0.15, -0.1) is 0 Å². The molecule has 0 amide bonds. The predicted molar refractivity (Wildman–Crippen MR) is 79.8 cm³/mol. The van der Waals surface area contributed by atoms with Crippen molar-refractivity contribution in [2.45, 2.75) is 20.0 Å². The number of anilines is 1. The first-order chi connectivity index (χ1) is 10.6. The van der Waals surface area contributed by atoms with Crippen molar-refractivity contribution >= 4 is 46.4 Å². The molecule has 23 heavy (non-hydrogen) atoms. The Kier molecular flexibility index (Phi) is 6.40. The zero-order valence-corrected chi connectivity index (χ0v) is 13.4. The maximum atomic E-state index is 12.6. The molecule has 126 valence electrons. The molecule has 0 radical (unpaired) electrons. The van der Waals surface area contributed by atoms with E-state index in [2.05, 4.69) is 15.3 Å². The van der Waals surface area contributed by atoms with Gasteiger partial charge in [0.25, 0.3) is 0 Å². The highest BCUT2D eigenvalue weighted by Gasteiger charge is 2.32. The molecule has 0 unspecified atom stereocenters. The number of esters is 1. The Bertz CT molecular complexity index is 637. The summed E-state index contributed by atoms with van der Waals surface area (Å²) in [6.45, 7) is 2.63. The van der Waals surface area contributed by atoms with Crippen LogP contribution in [0.4, 0.5) is 18.9 Å². The molecule has 5 nitrogen and oxygen atoms in total. The number of nitrogens with one attached hydrogen (secondary N) is 1. The summed E-state index contributed by atoms with van der Waals surface area (Å²) in [6, 6.07) is 1.28. The Balaban J connectivity index is 3.16. The minimum atomic E-state index is -4.62. The van der Waals surface area contributed by atoms with Crippen LogP contribution in [0.1, 0.15) is 19.4 Å². The second kappa shape index (κ2) is 7.65. The number of alkyl halides is 3. The molecule has 0 fully saturated rings. The van der Waals surface area contributed by atoms with E-state index in [1.807, 2.05) is 0 Å².